The van der Waals surface area contributed by atoms with E-state index in [1.165, 1.54) is 41.5 Å². The number of amides is 5. The second-order valence-corrected chi connectivity index (χ2v) is 27.5. The minimum atomic E-state index is -1.67. The number of unbranched alkanes of at least 4 members (excludes halogenated alkanes) is 1. The number of carbonyl (C=O) groups excluding carboxylic acids is 7. The first-order valence-corrected chi connectivity index (χ1v) is 31.8. The van der Waals surface area contributed by atoms with Crippen LogP contribution < -0.4 is 31.7 Å². The van der Waals surface area contributed by atoms with Crippen molar-refractivity contribution in [3.8, 4) is 5.75 Å². The first-order valence-electron chi connectivity index (χ1n) is 31.8. The molecular formula is C66H91N7O17. The van der Waals surface area contributed by atoms with E-state index in [1.54, 1.807) is 25.3 Å². The number of nitrogens with zero attached hydrogens (tertiary/aromatic N) is 2. The molecule has 7 aliphatic carbocycles. The standard InChI is InChI=1S/C66H91N7O17/c1-37(2)68-22-9-8-10-46(70-38(3)75)57(82)69-23-20-53(79)71-47-26-40(13-18-49(47)87-59-56(81)55(80)48(77)33-85-59)32-86-60(83)72(6)24-25-73(7)61(84)88-50-30-63(5)45(44-17-16-42-27-43(76)19-21-62(42,4)54(44)50)28-52-66(63,51(78)31-74)90-58(89-52)41-14-11-39(12-15-41)29-64-34-65(67,35-64)36-64/h11-15,18-19,21,26-27,37,44-46,48,50,52,54-56,58-59,68,74,77,80-81H,8-10,16-17,20,22-25,28-36,67H2,1-7H3,(H,69,82)(H,70,75)(H,71,79)/t44-,45-,46-,48+,50-,52+,54+,55-,56+,58+,59-,62-,63-,64?,65?,66+/m0/s1. The zero-order chi connectivity index (χ0) is 64.7. The summed E-state index contributed by atoms with van der Waals surface area (Å²) in [6, 6.07) is 12.1. The van der Waals surface area contributed by atoms with Gasteiger partial charge in [0.05, 0.1) is 18.4 Å². The molecule has 5 amide bonds. The van der Waals surface area contributed by atoms with Crippen molar-refractivity contribution >= 4 is 47.2 Å². The lowest BCUT2D eigenvalue weighted by molar-refractivity contribution is -0.241. The van der Waals surface area contributed by atoms with Crippen LogP contribution in [0, 0.1) is 34.0 Å². The van der Waals surface area contributed by atoms with Gasteiger partial charge in [0.1, 0.15) is 49.4 Å². The number of ketones is 2. The molecule has 2 aromatic carbocycles. The number of nitrogens with one attached hydrogen (secondary N) is 4. The number of aliphatic hydroxyl groups is 4. The summed E-state index contributed by atoms with van der Waals surface area (Å²) in [7, 11) is 3.06. The van der Waals surface area contributed by atoms with Gasteiger partial charge < -0.3 is 85.6 Å². The molecule has 6 saturated carbocycles. The van der Waals surface area contributed by atoms with Gasteiger partial charge in [-0.1, -0.05) is 69.7 Å². The number of benzene rings is 2. The SMILES string of the molecule is CC(=O)N[C@@H](CCCCNC(C)C)C(=O)NCCC(=O)Nc1cc(COC(=O)N(C)CCN(C)C(=O)O[C@H]2C[C@@]3(C)[C@@H](C[C@H]4O[C@@H](c5ccc(CC67CC(N)(C6)C7)cc5)O[C@]43C(=O)CO)[C@@H]3CCC4=CC(=O)C=C[C@]4(C)[C@H]32)ccc1O[C@@H]1OC[C@@H](O)[C@H](O)[C@H]1O. The molecule has 0 radical (unpaired) electrons. The van der Waals surface area contributed by atoms with Crippen molar-refractivity contribution < 1.29 is 82.4 Å². The maximum atomic E-state index is 14.5. The number of fused-ring (bicyclic) bond motifs is 7. The molecule has 2 aliphatic heterocycles. The second-order valence-electron chi connectivity index (χ2n) is 27.5. The highest BCUT2D eigenvalue weighted by Crippen LogP contribution is 2.71. The van der Waals surface area contributed by atoms with Gasteiger partial charge in [0.25, 0.3) is 0 Å². The number of likely N-dealkylation sites (N-methyl/N-ethyl adjacent to an activating group) is 2. The Balaban J connectivity index is 0.778. The third kappa shape index (κ3) is 13.5. The first-order chi connectivity index (χ1) is 42.7. The second kappa shape index (κ2) is 26.7. The van der Waals surface area contributed by atoms with Gasteiger partial charge in [-0.15, -0.1) is 0 Å². The molecule has 24 nitrogen and oxygen atoms in total. The molecule has 9 aliphatic rings. The lowest BCUT2D eigenvalue weighted by Gasteiger charge is -2.69. The van der Waals surface area contributed by atoms with Gasteiger partial charge in [-0.2, -0.15) is 0 Å². The highest BCUT2D eigenvalue weighted by molar-refractivity contribution is 6.01. The van der Waals surface area contributed by atoms with Gasteiger partial charge in [-0.25, -0.2) is 9.59 Å². The molecule has 2 saturated heterocycles. The van der Waals surface area contributed by atoms with Crippen LogP contribution in [0.1, 0.15) is 128 Å². The lowest BCUT2D eigenvalue weighted by atomic mass is 9.38. The lowest BCUT2D eigenvalue weighted by Crippen LogP contribution is -2.72. The Morgan fingerprint density at radius 3 is 2.31 bits per heavy atom. The minimum absolute atomic E-state index is 0.00427. The maximum Gasteiger partial charge on any atom is 0.409 e. The van der Waals surface area contributed by atoms with E-state index in [4.69, 9.17) is 34.2 Å². The monoisotopic (exact) mass is 1250 g/mol. The van der Waals surface area contributed by atoms with E-state index in [1.807, 2.05) is 39.0 Å². The van der Waals surface area contributed by atoms with Crippen molar-refractivity contribution in [1.29, 1.82) is 0 Å². The minimum Gasteiger partial charge on any atom is -0.460 e. The molecule has 24 heteroatoms. The van der Waals surface area contributed by atoms with Gasteiger partial charge >= 0.3 is 12.2 Å². The molecule has 2 aromatic rings. The van der Waals surface area contributed by atoms with Gasteiger partial charge in [-0.3, -0.25) is 24.0 Å². The first kappa shape index (κ1) is 66.6. The molecule has 0 aromatic heterocycles. The molecule has 10 N–H and O–H groups in total. The number of hydrogen-bond acceptors (Lipinski definition) is 19. The molecule has 2 bridgehead atoms. The third-order valence-electron chi connectivity index (χ3n) is 20.6. The molecular weight excluding hydrogens is 1160 g/mol. The van der Waals surface area contributed by atoms with Crippen molar-refractivity contribution in [2.24, 2.45) is 39.7 Å². The summed E-state index contributed by atoms with van der Waals surface area (Å²) in [6.45, 7) is 8.72. The van der Waals surface area contributed by atoms with Crippen molar-refractivity contribution in [2.45, 2.75) is 185 Å². The third-order valence-corrected chi connectivity index (χ3v) is 20.6. The van der Waals surface area contributed by atoms with Crippen molar-refractivity contribution in [1.82, 2.24) is 25.8 Å². The van der Waals surface area contributed by atoms with Crippen LogP contribution in [0.5, 0.6) is 5.75 Å². The Labute approximate surface area is 525 Å². The number of Topliss-reactive ketones (excluding diaryl/α,β-unsaturated/α-hetero) is 1. The Kier molecular flexibility index (Phi) is 19.7. The number of aliphatic hydroxyl groups excluding tert-OH is 4. The Bertz CT molecular complexity index is 3080. The van der Waals surface area contributed by atoms with Crippen molar-refractivity contribution in [3.05, 3.63) is 83.0 Å². The van der Waals surface area contributed by atoms with Crippen LogP contribution >= 0.6 is 0 Å². The van der Waals surface area contributed by atoms with E-state index >= 15 is 0 Å². The zero-order valence-corrected chi connectivity index (χ0v) is 52.7. The number of ether oxygens (including phenoxy) is 6. The van der Waals surface area contributed by atoms with Crippen LogP contribution in [0.4, 0.5) is 15.3 Å². The molecule has 0 unspecified atom stereocenters. The van der Waals surface area contributed by atoms with Gasteiger partial charge in [-0.05, 0) is 130 Å². The number of carbonyl (C=O) groups is 7. The molecule has 2 heterocycles. The van der Waals surface area contributed by atoms with Gasteiger partial charge in [0, 0.05) is 81.0 Å². The fourth-order valence-electron chi connectivity index (χ4n) is 16.3. The van der Waals surface area contributed by atoms with E-state index in [9.17, 15) is 54.0 Å². The van der Waals surface area contributed by atoms with Crippen LogP contribution in [0.25, 0.3) is 0 Å². The summed E-state index contributed by atoms with van der Waals surface area (Å²) < 4.78 is 37.4. The van der Waals surface area contributed by atoms with Crippen LogP contribution in [0.3, 0.4) is 0 Å². The Morgan fingerprint density at radius 1 is 0.911 bits per heavy atom. The number of anilines is 1. The molecule has 0 spiro atoms. The summed E-state index contributed by atoms with van der Waals surface area (Å²) in [5, 5.41) is 53.2. The number of hydrogen-bond donors (Lipinski definition) is 9. The van der Waals surface area contributed by atoms with Crippen molar-refractivity contribution in [3.63, 3.8) is 0 Å². The molecule has 11 rings (SSSR count). The van der Waals surface area contributed by atoms with E-state index in [-0.39, 0.29) is 97.5 Å². The average Bonchev–Trinajstić information content (AvgIpc) is 1.38. The van der Waals surface area contributed by atoms with Crippen LogP contribution in [0.15, 0.2) is 66.3 Å². The van der Waals surface area contributed by atoms with E-state index in [2.05, 4.69) is 40.3 Å². The summed E-state index contributed by atoms with van der Waals surface area (Å²) >= 11 is 0. The fourth-order valence-corrected chi connectivity index (χ4v) is 16.3. The summed E-state index contributed by atoms with van der Waals surface area (Å²) in [5.74, 6) is -2.56. The molecule has 90 heavy (non-hydrogen) atoms. The Morgan fingerprint density at radius 2 is 1.62 bits per heavy atom. The average molecular weight is 1250 g/mol. The number of allylic oxidation sites excluding steroid dienone is 4. The predicted molar refractivity (Wildman–Crippen MR) is 326 cm³/mol. The fraction of sp³-hybridized carbons (Fsp3) is 0.652. The summed E-state index contributed by atoms with van der Waals surface area (Å²) in [5.41, 5.74) is 6.78. The highest BCUT2D eigenvalue weighted by atomic mass is 16.7. The van der Waals surface area contributed by atoms with E-state index in [0.717, 1.165) is 49.8 Å². The quantitative estimate of drug-likeness (QED) is 0.0635. The highest BCUT2D eigenvalue weighted by Gasteiger charge is 2.76. The van der Waals surface area contributed by atoms with E-state index in [0.29, 0.717) is 43.7 Å². The Hall–Kier alpha value is -6.35. The normalized spacial score (nSPS) is 33.7. The smallest absolute Gasteiger partial charge is 0.409 e. The topological polar surface area (TPSA) is 336 Å². The number of rotatable bonds is 25. The van der Waals surface area contributed by atoms with E-state index < -0.39 is 102 Å². The molecule has 14 atom stereocenters. The zero-order valence-electron chi connectivity index (χ0n) is 52.7. The molecule has 8 fully saturated rings. The van der Waals surface area contributed by atoms with Crippen LogP contribution in [-0.4, -0.2) is 185 Å². The predicted octanol–water partition coefficient (Wildman–Crippen LogP) is 3.99. The molecule has 492 valence electrons. The van der Waals surface area contributed by atoms with Crippen LogP contribution in [-0.2, 0) is 60.7 Å². The van der Waals surface area contributed by atoms with Gasteiger partial charge in [0.2, 0.25) is 24.0 Å². The van der Waals surface area contributed by atoms with Crippen LogP contribution in [0.2, 0.25) is 0 Å². The number of nitrogens with two attached hydrogens (primary N) is 1. The van der Waals surface area contributed by atoms with Gasteiger partial charge in [0.15, 0.2) is 23.5 Å². The van der Waals surface area contributed by atoms with Crippen molar-refractivity contribution in [2.75, 3.05) is 58.8 Å². The summed E-state index contributed by atoms with van der Waals surface area (Å²) in [4.78, 5) is 96.7. The largest absolute Gasteiger partial charge is 0.460 e. The maximum absolute atomic E-state index is 14.5. The summed E-state index contributed by atoms with van der Waals surface area (Å²) in [6.07, 6.45) is 2.94.